The van der Waals surface area contributed by atoms with Crippen molar-refractivity contribution in [3.05, 3.63) is 18.9 Å². The van der Waals surface area contributed by atoms with Crippen LogP contribution in [0.3, 0.4) is 0 Å². The molecule has 1 aliphatic heterocycles. The first-order chi connectivity index (χ1) is 7.67. The fourth-order valence-electron chi connectivity index (χ4n) is 0.904. The van der Waals surface area contributed by atoms with E-state index in [2.05, 4.69) is 0 Å². The van der Waals surface area contributed by atoms with Crippen molar-refractivity contribution in [2.75, 3.05) is 13.2 Å². The van der Waals surface area contributed by atoms with Crippen molar-refractivity contribution in [2.24, 2.45) is 0 Å². The predicted octanol–water partition coefficient (Wildman–Crippen LogP) is 0.217. The van der Waals surface area contributed by atoms with Crippen LogP contribution < -0.4 is 0 Å². The van der Waals surface area contributed by atoms with Gasteiger partial charge in [-0.25, -0.2) is 0 Å². The van der Waals surface area contributed by atoms with Crippen LogP contribution in [0.1, 0.15) is 13.8 Å². The summed E-state index contributed by atoms with van der Waals surface area (Å²) in [6.45, 7) is 4.31. The van der Waals surface area contributed by atoms with Gasteiger partial charge < -0.3 is 0 Å². The Kier molecular flexibility index (Phi) is 5.85. The third kappa shape index (κ3) is 4.14. The van der Waals surface area contributed by atoms with Gasteiger partial charge in [-0.1, -0.05) is 0 Å². The van der Waals surface area contributed by atoms with Gasteiger partial charge in [-0.2, -0.15) is 0 Å². The average molecular weight is 354 g/mol. The Labute approximate surface area is 107 Å². The van der Waals surface area contributed by atoms with Crippen molar-refractivity contribution in [2.45, 2.75) is 13.8 Å². The summed E-state index contributed by atoms with van der Waals surface area (Å²) in [7, 11) is 0. The van der Waals surface area contributed by atoms with E-state index in [1.54, 1.807) is 13.8 Å². The molecule has 0 N–H and O–H groups in total. The molecule has 88 valence electrons. The van der Waals surface area contributed by atoms with E-state index in [0.717, 1.165) is 3.37 Å². The molecule has 0 saturated carbocycles. The Morgan fingerprint density at radius 3 is 2.62 bits per heavy atom. The number of carbonyl (C=O) groups excluding carboxylic acids is 2. The molecular weight excluding hydrogens is 342 g/mol. The van der Waals surface area contributed by atoms with Gasteiger partial charge in [0.1, 0.15) is 0 Å². The van der Waals surface area contributed by atoms with Crippen LogP contribution in [-0.4, -0.2) is 55.1 Å². The summed E-state index contributed by atoms with van der Waals surface area (Å²) < 4.78 is 11.4. The SMILES string of the molecule is CCOC(=O)/C=C1\[Se]C=C(C(=O)OCC)[Se]1. The Bertz CT molecular complexity index is 347. The van der Waals surface area contributed by atoms with Crippen molar-refractivity contribution in [1.82, 2.24) is 0 Å². The van der Waals surface area contributed by atoms with Gasteiger partial charge in [0.15, 0.2) is 0 Å². The second-order valence-electron chi connectivity index (χ2n) is 2.64. The van der Waals surface area contributed by atoms with Crippen molar-refractivity contribution >= 4 is 41.9 Å². The Hall–Kier alpha value is -0.541. The number of carbonyl (C=O) groups is 2. The molecule has 0 aromatic rings. The number of hydrogen-bond acceptors (Lipinski definition) is 4. The zero-order valence-corrected chi connectivity index (χ0v) is 12.4. The predicted molar refractivity (Wildman–Crippen MR) is 60.9 cm³/mol. The van der Waals surface area contributed by atoms with E-state index in [1.165, 1.54) is 6.08 Å². The summed E-state index contributed by atoms with van der Waals surface area (Å²) in [4.78, 5) is 24.5. The Morgan fingerprint density at radius 2 is 2.00 bits per heavy atom. The van der Waals surface area contributed by atoms with E-state index in [0.29, 0.717) is 17.7 Å². The minimum atomic E-state index is -0.320. The van der Waals surface area contributed by atoms with Crippen LogP contribution in [0.5, 0.6) is 0 Å². The molecule has 0 unspecified atom stereocenters. The molecule has 1 heterocycles. The third-order valence-electron chi connectivity index (χ3n) is 1.49. The fraction of sp³-hybridized carbons (Fsp3) is 0.400. The second kappa shape index (κ2) is 6.92. The molecule has 0 saturated heterocycles. The van der Waals surface area contributed by atoms with E-state index < -0.39 is 0 Å². The second-order valence-corrected chi connectivity index (χ2v) is 8.13. The molecule has 0 amide bonds. The van der Waals surface area contributed by atoms with Crippen molar-refractivity contribution in [3.63, 3.8) is 0 Å². The summed E-state index contributed by atoms with van der Waals surface area (Å²) in [6.07, 6.45) is 1.51. The molecule has 0 aromatic heterocycles. The topological polar surface area (TPSA) is 52.6 Å². The molecule has 1 aliphatic rings. The summed E-state index contributed by atoms with van der Waals surface area (Å²) in [6, 6.07) is 0. The van der Waals surface area contributed by atoms with E-state index in [4.69, 9.17) is 9.47 Å². The molecule has 4 nitrogen and oxygen atoms in total. The van der Waals surface area contributed by atoms with Crippen molar-refractivity contribution in [3.8, 4) is 0 Å². The van der Waals surface area contributed by atoms with Crippen LogP contribution in [0.15, 0.2) is 18.9 Å². The first-order valence-corrected chi connectivity index (χ1v) is 8.33. The maximum absolute atomic E-state index is 11.4. The summed E-state index contributed by atoms with van der Waals surface area (Å²) in [5.74, 6) is -0.573. The molecule has 0 aliphatic carbocycles. The molecule has 0 fully saturated rings. The number of ether oxygens (including phenoxy) is 2. The van der Waals surface area contributed by atoms with Crippen LogP contribution in [0, 0.1) is 0 Å². The van der Waals surface area contributed by atoms with Gasteiger partial charge in [-0.15, -0.1) is 0 Å². The van der Waals surface area contributed by atoms with E-state index in [1.807, 2.05) is 4.97 Å². The molecule has 16 heavy (non-hydrogen) atoms. The van der Waals surface area contributed by atoms with Crippen molar-refractivity contribution in [1.29, 1.82) is 0 Å². The molecule has 0 bridgehead atoms. The average Bonchev–Trinajstić information content (AvgIpc) is 2.67. The first kappa shape index (κ1) is 13.5. The minimum absolute atomic E-state index is 0.0704. The normalized spacial score (nSPS) is 17.1. The fourth-order valence-corrected chi connectivity index (χ4v) is 6.28. The molecule has 0 atom stereocenters. The van der Waals surface area contributed by atoms with Gasteiger partial charge in [0, 0.05) is 0 Å². The monoisotopic (exact) mass is 356 g/mol. The summed E-state index contributed by atoms with van der Waals surface area (Å²) in [5, 5.41) is 0. The molecular formula is C10H12O4Se2. The Balaban J connectivity index is 2.50. The molecule has 0 spiro atoms. The van der Waals surface area contributed by atoms with Crippen LogP contribution in [0.2, 0.25) is 0 Å². The Morgan fingerprint density at radius 1 is 1.31 bits per heavy atom. The van der Waals surface area contributed by atoms with Gasteiger partial charge in [-0.3, -0.25) is 0 Å². The van der Waals surface area contributed by atoms with Gasteiger partial charge in [0.25, 0.3) is 0 Å². The molecule has 0 radical (unpaired) electrons. The number of esters is 2. The molecule has 0 aromatic carbocycles. The van der Waals surface area contributed by atoms with E-state index in [-0.39, 0.29) is 41.9 Å². The van der Waals surface area contributed by atoms with E-state index in [9.17, 15) is 9.59 Å². The first-order valence-electron chi connectivity index (χ1n) is 4.77. The number of hydrogen-bond donors (Lipinski definition) is 0. The molecule has 6 heteroatoms. The number of rotatable bonds is 4. The van der Waals surface area contributed by atoms with Gasteiger partial charge >= 0.3 is 107 Å². The van der Waals surface area contributed by atoms with Crippen molar-refractivity contribution < 1.29 is 19.1 Å². The molecule has 1 rings (SSSR count). The standard InChI is InChI=1S/C10H12O4Se2/c1-3-13-8(11)5-9-15-6-7(16-9)10(12)14-4-2/h5-6H,3-4H2,1-2H3/b9-5+. The van der Waals surface area contributed by atoms with Crippen LogP contribution in [0.4, 0.5) is 0 Å². The van der Waals surface area contributed by atoms with E-state index >= 15 is 0 Å². The van der Waals surface area contributed by atoms with Gasteiger partial charge in [-0.05, 0) is 0 Å². The van der Waals surface area contributed by atoms with Gasteiger partial charge in [0.2, 0.25) is 0 Å². The maximum atomic E-state index is 11.4. The zero-order valence-electron chi connectivity index (χ0n) is 9.02. The summed E-state index contributed by atoms with van der Waals surface area (Å²) >= 11 is 0.0217. The van der Waals surface area contributed by atoms with Crippen LogP contribution in [-0.2, 0) is 19.1 Å². The van der Waals surface area contributed by atoms with Crippen LogP contribution in [0.25, 0.3) is 0 Å². The zero-order chi connectivity index (χ0) is 12.0. The van der Waals surface area contributed by atoms with Crippen LogP contribution >= 0.6 is 0 Å². The quantitative estimate of drug-likeness (QED) is 0.412. The third-order valence-corrected chi connectivity index (χ3v) is 7.41. The summed E-state index contributed by atoms with van der Waals surface area (Å²) in [5.41, 5.74) is 0. The van der Waals surface area contributed by atoms with Gasteiger partial charge in [0.05, 0.1) is 0 Å².